The van der Waals surface area contributed by atoms with Crippen LogP contribution >= 0.6 is 39.3 Å². The number of benzene rings is 2. The van der Waals surface area contributed by atoms with Crippen molar-refractivity contribution < 1.29 is 14.3 Å². The van der Waals surface area contributed by atoms with E-state index in [4.69, 9.17) is 21.1 Å². The van der Waals surface area contributed by atoms with Crippen LogP contribution in [-0.2, 0) is 13.7 Å². The summed E-state index contributed by atoms with van der Waals surface area (Å²) in [4.78, 5) is 12.5. The van der Waals surface area contributed by atoms with Gasteiger partial charge in [-0.3, -0.25) is 4.79 Å². The highest BCUT2D eigenvalue weighted by Gasteiger charge is 2.14. The second kappa shape index (κ2) is 9.45. The van der Waals surface area contributed by atoms with Crippen LogP contribution < -0.4 is 9.47 Å². The van der Waals surface area contributed by atoms with E-state index in [1.54, 1.807) is 49.6 Å². The van der Waals surface area contributed by atoms with Gasteiger partial charge in [0, 0.05) is 17.6 Å². The number of ketones is 1. The first-order valence-electron chi connectivity index (χ1n) is 8.24. The highest BCUT2D eigenvalue weighted by molar-refractivity contribution is 9.10. The molecule has 3 rings (SSSR count). The van der Waals surface area contributed by atoms with Gasteiger partial charge in [-0.2, -0.15) is 0 Å². The quantitative estimate of drug-likeness (QED) is 0.340. The number of aromatic nitrogens is 3. The highest BCUT2D eigenvalue weighted by atomic mass is 79.9. The molecule has 0 spiro atoms. The van der Waals surface area contributed by atoms with Gasteiger partial charge < -0.3 is 14.0 Å². The molecule has 0 radical (unpaired) electrons. The van der Waals surface area contributed by atoms with Crippen molar-refractivity contribution in [3.05, 3.63) is 63.3 Å². The third kappa shape index (κ3) is 5.06. The maximum Gasteiger partial charge on any atom is 0.191 e. The molecule has 0 saturated carbocycles. The minimum absolute atomic E-state index is 0.00434. The summed E-state index contributed by atoms with van der Waals surface area (Å²) in [5.74, 6) is 2.29. The summed E-state index contributed by atoms with van der Waals surface area (Å²) in [5, 5.41) is 9.59. The normalized spacial score (nSPS) is 10.7. The van der Waals surface area contributed by atoms with Crippen LogP contribution in [0.5, 0.6) is 11.5 Å². The second-order valence-corrected chi connectivity index (χ2v) is 7.99. The predicted molar refractivity (Wildman–Crippen MR) is 113 cm³/mol. The standard InChI is InChI=1S/C19H17BrClN3O3S/c1-24-18(10-27-14-6-4-13(21)5-7-14)22-23-19(24)28-11-16(25)12-3-8-17(26-2)15(20)9-12/h3-9H,10-11H2,1-2H3. The molecule has 1 aromatic heterocycles. The Morgan fingerprint density at radius 2 is 1.96 bits per heavy atom. The average Bonchev–Trinajstić information content (AvgIpc) is 3.05. The maximum absolute atomic E-state index is 12.5. The van der Waals surface area contributed by atoms with Crippen molar-refractivity contribution >= 4 is 45.1 Å². The van der Waals surface area contributed by atoms with Crippen LogP contribution in [0.4, 0.5) is 0 Å². The second-order valence-electron chi connectivity index (χ2n) is 5.76. The molecule has 0 amide bonds. The molecule has 0 unspecified atom stereocenters. The third-order valence-electron chi connectivity index (χ3n) is 3.91. The minimum Gasteiger partial charge on any atom is -0.496 e. The van der Waals surface area contributed by atoms with Crippen molar-refractivity contribution in [3.63, 3.8) is 0 Å². The number of hydrogen-bond donors (Lipinski definition) is 0. The van der Waals surface area contributed by atoms with E-state index < -0.39 is 0 Å². The topological polar surface area (TPSA) is 66.2 Å². The fraction of sp³-hybridized carbons (Fsp3) is 0.211. The van der Waals surface area contributed by atoms with Crippen LogP contribution in [0.15, 0.2) is 52.1 Å². The van der Waals surface area contributed by atoms with Crippen molar-refractivity contribution in [3.8, 4) is 11.5 Å². The largest absolute Gasteiger partial charge is 0.496 e. The molecule has 0 N–H and O–H groups in total. The summed E-state index contributed by atoms with van der Waals surface area (Å²) in [5.41, 5.74) is 0.605. The van der Waals surface area contributed by atoms with Gasteiger partial charge in [0.1, 0.15) is 18.1 Å². The first-order valence-corrected chi connectivity index (χ1v) is 10.4. The van der Waals surface area contributed by atoms with Crippen LogP contribution in [0.2, 0.25) is 5.02 Å². The molecule has 6 nitrogen and oxygen atoms in total. The Morgan fingerprint density at radius 1 is 1.21 bits per heavy atom. The number of rotatable bonds is 8. The lowest BCUT2D eigenvalue weighted by Crippen LogP contribution is -2.06. The zero-order valence-corrected chi connectivity index (χ0v) is 18.3. The monoisotopic (exact) mass is 481 g/mol. The van der Waals surface area contributed by atoms with E-state index in [0.29, 0.717) is 33.1 Å². The van der Waals surface area contributed by atoms with Gasteiger partial charge in [-0.25, -0.2) is 0 Å². The molecule has 0 bridgehead atoms. The number of carbonyl (C=O) groups excluding carboxylic acids is 1. The summed E-state index contributed by atoms with van der Waals surface area (Å²) in [6.07, 6.45) is 0. The number of Topliss-reactive ketones (excluding diaryl/α,β-unsaturated/α-hetero) is 1. The summed E-state index contributed by atoms with van der Waals surface area (Å²) in [6.45, 7) is 0.269. The fourth-order valence-electron chi connectivity index (χ4n) is 2.33. The number of thioether (sulfide) groups is 1. The number of methoxy groups -OCH3 is 1. The van der Waals surface area contributed by atoms with E-state index in [9.17, 15) is 4.79 Å². The van der Waals surface area contributed by atoms with Gasteiger partial charge in [0.25, 0.3) is 0 Å². The molecule has 3 aromatic rings. The van der Waals surface area contributed by atoms with Gasteiger partial charge in [0.05, 0.1) is 17.3 Å². The number of hydrogen-bond acceptors (Lipinski definition) is 6. The lowest BCUT2D eigenvalue weighted by molar-refractivity contribution is 0.102. The van der Waals surface area contributed by atoms with Crippen LogP contribution in [0.1, 0.15) is 16.2 Å². The summed E-state index contributed by atoms with van der Waals surface area (Å²) in [6, 6.07) is 12.4. The van der Waals surface area contributed by atoms with E-state index in [2.05, 4.69) is 26.1 Å². The van der Waals surface area contributed by atoms with E-state index in [-0.39, 0.29) is 18.1 Å². The molecule has 0 aliphatic heterocycles. The minimum atomic E-state index is -0.00434. The molecule has 0 atom stereocenters. The van der Waals surface area contributed by atoms with Gasteiger partial charge in [-0.05, 0) is 58.4 Å². The summed E-state index contributed by atoms with van der Waals surface area (Å²) >= 11 is 10.6. The Balaban J connectivity index is 1.58. The van der Waals surface area contributed by atoms with Crippen molar-refractivity contribution in [1.82, 2.24) is 14.8 Å². The van der Waals surface area contributed by atoms with Crippen molar-refractivity contribution in [2.24, 2.45) is 7.05 Å². The molecule has 0 saturated heterocycles. The Labute approximate surface area is 180 Å². The molecule has 28 heavy (non-hydrogen) atoms. The van der Waals surface area contributed by atoms with Gasteiger partial charge in [-0.1, -0.05) is 23.4 Å². The van der Waals surface area contributed by atoms with Crippen LogP contribution in [0, 0.1) is 0 Å². The molecule has 9 heteroatoms. The molecular formula is C19H17BrClN3O3S. The average molecular weight is 483 g/mol. The zero-order chi connectivity index (χ0) is 20.1. The van der Waals surface area contributed by atoms with E-state index >= 15 is 0 Å². The molecule has 0 aliphatic rings. The first-order chi connectivity index (χ1) is 13.5. The smallest absolute Gasteiger partial charge is 0.191 e. The van der Waals surface area contributed by atoms with Crippen LogP contribution in [-0.4, -0.2) is 33.4 Å². The number of ether oxygens (including phenoxy) is 2. The van der Waals surface area contributed by atoms with Gasteiger partial charge in [0.2, 0.25) is 0 Å². The van der Waals surface area contributed by atoms with Gasteiger partial charge in [-0.15, -0.1) is 10.2 Å². The van der Waals surface area contributed by atoms with E-state index in [1.165, 1.54) is 11.8 Å². The Kier molecular flexibility index (Phi) is 6.98. The number of halogens is 2. The van der Waals surface area contributed by atoms with Crippen LogP contribution in [0.3, 0.4) is 0 Å². The molecule has 2 aromatic carbocycles. The molecular weight excluding hydrogens is 466 g/mol. The SMILES string of the molecule is COc1ccc(C(=O)CSc2nnc(COc3ccc(Cl)cc3)n2C)cc1Br. The maximum atomic E-state index is 12.5. The predicted octanol–water partition coefficient (Wildman–Crippen LogP) is 4.79. The fourth-order valence-corrected chi connectivity index (χ4v) is 3.82. The van der Waals surface area contributed by atoms with Gasteiger partial charge in [0.15, 0.2) is 16.8 Å². The lowest BCUT2D eigenvalue weighted by atomic mass is 10.1. The molecule has 1 heterocycles. The van der Waals surface area contributed by atoms with E-state index in [1.807, 2.05) is 11.6 Å². The third-order valence-corrected chi connectivity index (χ3v) is 5.80. The van der Waals surface area contributed by atoms with Crippen molar-refractivity contribution in [2.75, 3.05) is 12.9 Å². The highest BCUT2D eigenvalue weighted by Crippen LogP contribution is 2.27. The molecule has 146 valence electrons. The molecule has 0 fully saturated rings. The lowest BCUT2D eigenvalue weighted by Gasteiger charge is -2.07. The first kappa shape index (κ1) is 20.7. The summed E-state index contributed by atoms with van der Waals surface area (Å²) in [7, 11) is 3.43. The van der Waals surface area contributed by atoms with Crippen molar-refractivity contribution in [1.29, 1.82) is 0 Å². The zero-order valence-electron chi connectivity index (χ0n) is 15.2. The summed E-state index contributed by atoms with van der Waals surface area (Å²) < 4.78 is 13.4. The number of nitrogens with zero attached hydrogens (tertiary/aromatic N) is 3. The Bertz CT molecular complexity index is 979. The van der Waals surface area contributed by atoms with E-state index in [0.717, 1.165) is 4.47 Å². The Morgan fingerprint density at radius 3 is 2.64 bits per heavy atom. The van der Waals surface area contributed by atoms with Gasteiger partial charge >= 0.3 is 0 Å². The Hall–Kier alpha value is -2.03. The van der Waals surface area contributed by atoms with Crippen molar-refractivity contribution in [2.45, 2.75) is 11.8 Å². The number of carbonyl (C=O) groups is 1. The van der Waals surface area contributed by atoms with Crippen LogP contribution in [0.25, 0.3) is 0 Å². The molecule has 0 aliphatic carbocycles.